The van der Waals surface area contributed by atoms with Crippen molar-refractivity contribution in [3.8, 4) is 11.5 Å². The molecule has 122 valence electrons. The number of aryl methyl sites for hydroxylation is 1. The Morgan fingerprint density at radius 1 is 1.52 bits per heavy atom. The van der Waals surface area contributed by atoms with Crippen LogP contribution in [0.1, 0.15) is 40.3 Å². The normalized spacial score (nSPS) is 15.9. The summed E-state index contributed by atoms with van der Waals surface area (Å²) in [5, 5.41) is 2.94. The molecule has 0 spiro atoms. The molecule has 0 fully saturated rings. The zero-order chi connectivity index (χ0) is 16.4. The number of fused-ring (bicyclic) bond motifs is 1. The summed E-state index contributed by atoms with van der Waals surface area (Å²) in [5.74, 6) is 1.59. The van der Waals surface area contributed by atoms with Gasteiger partial charge in [-0.2, -0.15) is 0 Å². The van der Waals surface area contributed by atoms with Crippen LogP contribution in [-0.4, -0.2) is 23.6 Å². The summed E-state index contributed by atoms with van der Waals surface area (Å²) >= 11 is 1.35. The second-order valence-electron chi connectivity index (χ2n) is 5.58. The van der Waals surface area contributed by atoms with Gasteiger partial charge in [-0.15, -0.1) is 11.3 Å². The number of thiazole rings is 1. The van der Waals surface area contributed by atoms with Crippen LogP contribution in [0.5, 0.6) is 11.5 Å². The predicted molar refractivity (Wildman–Crippen MR) is 89.4 cm³/mol. The number of hydrogen-bond acceptors (Lipinski definition) is 5. The van der Waals surface area contributed by atoms with Crippen molar-refractivity contribution < 1.29 is 14.3 Å². The maximum absolute atomic E-state index is 12.2. The van der Waals surface area contributed by atoms with Crippen LogP contribution in [0.15, 0.2) is 17.6 Å². The van der Waals surface area contributed by atoms with Crippen molar-refractivity contribution in [2.45, 2.75) is 39.8 Å². The van der Waals surface area contributed by atoms with E-state index < -0.39 is 0 Å². The number of benzene rings is 1. The van der Waals surface area contributed by atoms with Gasteiger partial charge in [0.15, 0.2) is 0 Å². The number of ether oxygens (including phenoxy) is 2. The van der Waals surface area contributed by atoms with Crippen LogP contribution in [0.2, 0.25) is 0 Å². The molecule has 1 aliphatic rings. The van der Waals surface area contributed by atoms with Crippen molar-refractivity contribution in [2.24, 2.45) is 0 Å². The van der Waals surface area contributed by atoms with Crippen LogP contribution < -0.4 is 14.8 Å². The Morgan fingerprint density at radius 2 is 2.35 bits per heavy atom. The Labute approximate surface area is 139 Å². The lowest BCUT2D eigenvalue weighted by Gasteiger charge is -2.13. The molecule has 0 saturated heterocycles. The number of nitrogens with zero attached hydrogens (tertiary/aromatic N) is 1. The molecule has 3 rings (SSSR count). The summed E-state index contributed by atoms with van der Waals surface area (Å²) in [6.45, 7) is 6.83. The molecular weight excluding hydrogens is 312 g/mol. The minimum Gasteiger partial charge on any atom is -0.494 e. The molecule has 2 heterocycles. The molecule has 2 aromatic rings. The molecule has 0 bridgehead atoms. The number of amides is 1. The molecule has 1 aliphatic heterocycles. The Kier molecular flexibility index (Phi) is 4.52. The fourth-order valence-corrected chi connectivity index (χ4v) is 3.40. The molecule has 1 aromatic carbocycles. The fourth-order valence-electron chi connectivity index (χ4n) is 2.69. The van der Waals surface area contributed by atoms with Crippen molar-refractivity contribution in [1.82, 2.24) is 10.3 Å². The Balaban J connectivity index is 1.78. The molecule has 1 atom stereocenters. The Bertz CT molecular complexity index is 727. The van der Waals surface area contributed by atoms with Crippen molar-refractivity contribution >= 4 is 17.2 Å². The molecule has 5 nitrogen and oxygen atoms in total. The van der Waals surface area contributed by atoms with E-state index in [1.54, 1.807) is 5.51 Å². The first-order valence-corrected chi connectivity index (χ1v) is 8.60. The molecule has 0 radical (unpaired) electrons. The van der Waals surface area contributed by atoms with Crippen LogP contribution >= 0.6 is 11.3 Å². The van der Waals surface area contributed by atoms with Crippen LogP contribution in [0.25, 0.3) is 0 Å². The molecule has 1 N–H and O–H groups in total. The molecule has 1 aromatic heterocycles. The SMILES string of the molecule is CCOc1cc2c(cc1CNC(=O)c1scnc1C)OC(C)C2. The standard InChI is InChI=1S/C17H20N2O3S/c1-4-21-14-6-12-5-10(2)22-15(12)7-13(14)8-18-17(20)16-11(3)19-9-23-16/h6-7,9-10H,4-5,8H2,1-3H3,(H,18,20). The number of rotatable bonds is 5. The maximum atomic E-state index is 12.2. The second-order valence-corrected chi connectivity index (χ2v) is 6.44. The summed E-state index contributed by atoms with van der Waals surface area (Å²) in [4.78, 5) is 17.0. The summed E-state index contributed by atoms with van der Waals surface area (Å²) < 4.78 is 11.5. The van der Waals surface area contributed by atoms with E-state index >= 15 is 0 Å². The highest BCUT2D eigenvalue weighted by Crippen LogP contribution is 2.35. The quantitative estimate of drug-likeness (QED) is 0.914. The molecule has 1 amide bonds. The third-order valence-electron chi connectivity index (χ3n) is 3.77. The predicted octanol–water partition coefficient (Wildman–Crippen LogP) is 3.10. The van der Waals surface area contributed by atoms with E-state index in [2.05, 4.69) is 10.3 Å². The molecule has 0 aliphatic carbocycles. The van der Waals surface area contributed by atoms with E-state index in [0.717, 1.165) is 34.7 Å². The molecule has 0 saturated carbocycles. The number of carbonyl (C=O) groups is 1. The van der Waals surface area contributed by atoms with E-state index in [4.69, 9.17) is 9.47 Å². The van der Waals surface area contributed by atoms with Crippen molar-refractivity contribution in [2.75, 3.05) is 6.61 Å². The zero-order valence-electron chi connectivity index (χ0n) is 13.5. The summed E-state index contributed by atoms with van der Waals surface area (Å²) in [5.41, 5.74) is 4.52. The molecule has 6 heteroatoms. The summed E-state index contributed by atoms with van der Waals surface area (Å²) in [6.07, 6.45) is 1.08. The van der Waals surface area contributed by atoms with Crippen LogP contribution in [0.3, 0.4) is 0 Å². The van der Waals surface area contributed by atoms with Crippen LogP contribution in [0.4, 0.5) is 0 Å². The molecule has 1 unspecified atom stereocenters. The first-order chi connectivity index (χ1) is 11.1. The van der Waals surface area contributed by atoms with Gasteiger partial charge >= 0.3 is 0 Å². The number of aromatic nitrogens is 1. The maximum Gasteiger partial charge on any atom is 0.263 e. The highest BCUT2D eigenvalue weighted by Gasteiger charge is 2.22. The first kappa shape index (κ1) is 15.8. The first-order valence-electron chi connectivity index (χ1n) is 7.72. The van der Waals surface area contributed by atoms with Crippen molar-refractivity contribution in [3.63, 3.8) is 0 Å². The van der Waals surface area contributed by atoms with E-state index in [1.165, 1.54) is 11.3 Å². The van der Waals surface area contributed by atoms with E-state index in [0.29, 0.717) is 18.0 Å². The third kappa shape index (κ3) is 3.32. The number of hydrogen-bond donors (Lipinski definition) is 1. The summed E-state index contributed by atoms with van der Waals surface area (Å²) in [7, 11) is 0. The lowest BCUT2D eigenvalue weighted by atomic mass is 10.1. The number of nitrogens with one attached hydrogen (secondary N) is 1. The van der Waals surface area contributed by atoms with Gasteiger partial charge < -0.3 is 14.8 Å². The summed E-state index contributed by atoms with van der Waals surface area (Å²) in [6, 6.07) is 4.01. The van der Waals surface area contributed by atoms with E-state index in [-0.39, 0.29) is 12.0 Å². The van der Waals surface area contributed by atoms with Gasteiger partial charge in [-0.1, -0.05) is 0 Å². The van der Waals surface area contributed by atoms with E-state index in [9.17, 15) is 4.79 Å². The third-order valence-corrected chi connectivity index (χ3v) is 4.70. The van der Waals surface area contributed by atoms with Crippen molar-refractivity contribution in [3.05, 3.63) is 39.3 Å². The lowest BCUT2D eigenvalue weighted by Crippen LogP contribution is -2.23. The average molecular weight is 332 g/mol. The largest absolute Gasteiger partial charge is 0.494 e. The Hall–Kier alpha value is -2.08. The average Bonchev–Trinajstić information content (AvgIpc) is 3.09. The van der Waals surface area contributed by atoms with Crippen molar-refractivity contribution in [1.29, 1.82) is 0 Å². The van der Waals surface area contributed by atoms with Crippen LogP contribution in [-0.2, 0) is 13.0 Å². The topological polar surface area (TPSA) is 60.5 Å². The van der Waals surface area contributed by atoms with Crippen LogP contribution in [0, 0.1) is 6.92 Å². The van der Waals surface area contributed by atoms with Gasteiger partial charge in [-0.25, -0.2) is 4.98 Å². The lowest BCUT2D eigenvalue weighted by molar-refractivity contribution is 0.0954. The highest BCUT2D eigenvalue weighted by atomic mass is 32.1. The molecular formula is C17H20N2O3S. The monoisotopic (exact) mass is 332 g/mol. The fraction of sp³-hybridized carbons (Fsp3) is 0.412. The highest BCUT2D eigenvalue weighted by molar-refractivity contribution is 7.11. The van der Waals surface area contributed by atoms with Gasteiger partial charge in [0, 0.05) is 24.1 Å². The minimum absolute atomic E-state index is 0.109. The minimum atomic E-state index is -0.109. The van der Waals surface area contributed by atoms with Gasteiger partial charge in [0.25, 0.3) is 5.91 Å². The van der Waals surface area contributed by atoms with Gasteiger partial charge in [0.1, 0.15) is 22.5 Å². The number of carbonyl (C=O) groups excluding carboxylic acids is 1. The van der Waals surface area contributed by atoms with Gasteiger partial charge in [-0.3, -0.25) is 4.79 Å². The second kappa shape index (κ2) is 6.58. The zero-order valence-corrected chi connectivity index (χ0v) is 14.3. The van der Waals surface area contributed by atoms with E-state index in [1.807, 2.05) is 32.9 Å². The smallest absolute Gasteiger partial charge is 0.263 e. The Morgan fingerprint density at radius 3 is 3.04 bits per heavy atom. The molecule has 23 heavy (non-hydrogen) atoms. The van der Waals surface area contributed by atoms with Gasteiger partial charge in [-0.05, 0) is 32.9 Å². The van der Waals surface area contributed by atoms with Gasteiger partial charge in [0.05, 0.1) is 17.8 Å². The van der Waals surface area contributed by atoms with Gasteiger partial charge in [0.2, 0.25) is 0 Å².